The van der Waals surface area contributed by atoms with E-state index in [-0.39, 0.29) is 24.6 Å². The number of benzene rings is 3. The molecule has 0 spiro atoms. The molecule has 2 amide bonds. The molecule has 10 heteroatoms. The van der Waals surface area contributed by atoms with Gasteiger partial charge >= 0.3 is 0 Å². The zero-order valence-electron chi connectivity index (χ0n) is 21.5. The summed E-state index contributed by atoms with van der Waals surface area (Å²) in [6.07, 6.45) is 1.19. The van der Waals surface area contributed by atoms with Gasteiger partial charge in [0.25, 0.3) is 0 Å². The Morgan fingerprint density at radius 2 is 1.55 bits per heavy atom. The first kappa shape index (κ1) is 29.6. The van der Waals surface area contributed by atoms with Gasteiger partial charge in [0, 0.05) is 28.1 Å². The second-order valence-electron chi connectivity index (χ2n) is 9.23. The molecule has 3 aromatic carbocycles. The maximum Gasteiger partial charge on any atom is 0.244 e. The molecule has 3 rings (SSSR count). The van der Waals surface area contributed by atoms with Crippen LogP contribution in [0.3, 0.4) is 0 Å². The molecule has 3 aromatic rings. The minimum Gasteiger partial charge on any atom is -0.352 e. The van der Waals surface area contributed by atoms with Gasteiger partial charge in [0.2, 0.25) is 21.8 Å². The van der Waals surface area contributed by atoms with Crippen LogP contribution in [0.25, 0.3) is 0 Å². The van der Waals surface area contributed by atoms with Gasteiger partial charge in [0.15, 0.2) is 0 Å². The second-order valence-corrected chi connectivity index (χ2v) is 12.4. The van der Waals surface area contributed by atoms with Crippen molar-refractivity contribution in [3.63, 3.8) is 0 Å². The fourth-order valence-electron chi connectivity index (χ4n) is 3.97. The summed E-state index contributed by atoms with van der Waals surface area (Å²) in [5.74, 6) is -1.56. The number of rotatable bonds is 11. The molecule has 0 aromatic heterocycles. The summed E-state index contributed by atoms with van der Waals surface area (Å²) in [6.45, 7) is 2.86. The number of carbonyl (C=O) groups excluding carboxylic acids is 2. The lowest BCUT2D eigenvalue weighted by Gasteiger charge is -2.34. The third kappa shape index (κ3) is 8.26. The van der Waals surface area contributed by atoms with Crippen molar-refractivity contribution in [3.8, 4) is 0 Å². The fourth-order valence-corrected chi connectivity index (χ4v) is 5.18. The van der Waals surface area contributed by atoms with Crippen LogP contribution in [0.5, 0.6) is 0 Å². The van der Waals surface area contributed by atoms with Gasteiger partial charge in [-0.3, -0.25) is 13.9 Å². The predicted molar refractivity (Wildman–Crippen MR) is 156 cm³/mol. The van der Waals surface area contributed by atoms with Crippen molar-refractivity contribution in [2.24, 2.45) is 0 Å². The Kier molecular flexibility index (Phi) is 10.3. The number of hydrogen-bond donors (Lipinski definition) is 1. The number of amides is 2. The van der Waals surface area contributed by atoms with Crippen molar-refractivity contribution in [2.45, 2.75) is 38.9 Å². The van der Waals surface area contributed by atoms with Crippen LogP contribution in [0.4, 0.5) is 10.1 Å². The monoisotopic (exact) mass is 651 g/mol. The number of nitrogens with zero attached hydrogens (tertiary/aromatic N) is 2. The molecule has 0 aliphatic rings. The molecule has 0 radical (unpaired) electrons. The van der Waals surface area contributed by atoms with Crippen molar-refractivity contribution >= 4 is 50.1 Å². The molecule has 0 heterocycles. The SMILES string of the molecule is CC(C)NC(=O)[C@H](Cc1ccccc1)N(Cc1ccccc1F)C(=O)CN(c1ccc(I)cc1)S(C)(=O)=O. The van der Waals surface area contributed by atoms with E-state index >= 15 is 0 Å². The minimum atomic E-state index is -3.86. The van der Waals surface area contributed by atoms with E-state index in [0.29, 0.717) is 5.69 Å². The molecule has 0 fully saturated rings. The lowest BCUT2D eigenvalue weighted by atomic mass is 10.0. The van der Waals surface area contributed by atoms with Crippen LogP contribution >= 0.6 is 22.6 Å². The fraction of sp³-hybridized carbons (Fsp3) is 0.286. The quantitative estimate of drug-likeness (QED) is 0.313. The molecule has 1 N–H and O–H groups in total. The molecule has 0 aliphatic heterocycles. The Hall–Kier alpha value is -2.99. The summed E-state index contributed by atoms with van der Waals surface area (Å²) >= 11 is 2.10. The summed E-state index contributed by atoms with van der Waals surface area (Å²) in [5, 5.41) is 2.86. The third-order valence-corrected chi connectivity index (χ3v) is 7.65. The van der Waals surface area contributed by atoms with Crippen LogP contribution in [0, 0.1) is 9.39 Å². The standard InChI is InChI=1S/C28H31FIN3O4S/c1-20(2)31-28(35)26(17-21-9-5-4-6-10-21)32(18-22-11-7-8-12-25(22)29)27(34)19-33(38(3,36)37)24-15-13-23(30)14-16-24/h4-16,20,26H,17-19H2,1-3H3,(H,31,35)/t26-/m0/s1. The smallest absolute Gasteiger partial charge is 0.244 e. The highest BCUT2D eigenvalue weighted by Crippen LogP contribution is 2.22. The molecule has 0 bridgehead atoms. The Morgan fingerprint density at radius 1 is 0.947 bits per heavy atom. The molecule has 0 saturated heterocycles. The number of nitrogens with one attached hydrogen (secondary N) is 1. The number of anilines is 1. The highest BCUT2D eigenvalue weighted by Gasteiger charge is 2.33. The average Bonchev–Trinajstić information content (AvgIpc) is 2.85. The average molecular weight is 652 g/mol. The lowest BCUT2D eigenvalue weighted by Crippen LogP contribution is -2.54. The van der Waals surface area contributed by atoms with E-state index in [1.165, 1.54) is 11.0 Å². The Labute approximate surface area is 237 Å². The Morgan fingerprint density at radius 3 is 2.13 bits per heavy atom. The molecule has 7 nitrogen and oxygen atoms in total. The molecule has 1 atom stereocenters. The van der Waals surface area contributed by atoms with Crippen LogP contribution in [-0.2, 0) is 32.6 Å². The zero-order chi connectivity index (χ0) is 27.9. The molecule has 0 saturated carbocycles. The summed E-state index contributed by atoms with van der Waals surface area (Å²) in [7, 11) is -3.86. The van der Waals surface area contributed by atoms with Crippen LogP contribution in [0.15, 0.2) is 78.9 Å². The summed E-state index contributed by atoms with van der Waals surface area (Å²) in [4.78, 5) is 28.6. The summed E-state index contributed by atoms with van der Waals surface area (Å²) in [5.41, 5.74) is 1.34. The first-order chi connectivity index (χ1) is 18.0. The summed E-state index contributed by atoms with van der Waals surface area (Å²) in [6, 6.07) is 20.7. The molecular formula is C28H31FIN3O4S. The molecule has 0 aliphatic carbocycles. The highest BCUT2D eigenvalue weighted by molar-refractivity contribution is 14.1. The number of halogens is 2. The van der Waals surface area contributed by atoms with E-state index in [1.54, 1.807) is 42.5 Å². The molecular weight excluding hydrogens is 620 g/mol. The topological polar surface area (TPSA) is 86.8 Å². The van der Waals surface area contributed by atoms with Gasteiger partial charge in [-0.1, -0.05) is 48.5 Å². The van der Waals surface area contributed by atoms with Crippen LogP contribution in [0.1, 0.15) is 25.0 Å². The van der Waals surface area contributed by atoms with Gasteiger partial charge in [0.05, 0.1) is 11.9 Å². The van der Waals surface area contributed by atoms with Crippen LogP contribution < -0.4 is 9.62 Å². The van der Waals surface area contributed by atoms with E-state index < -0.39 is 40.2 Å². The van der Waals surface area contributed by atoms with Crippen molar-refractivity contribution in [3.05, 3.63) is 99.4 Å². The van der Waals surface area contributed by atoms with Gasteiger partial charge in [-0.05, 0) is 72.3 Å². The van der Waals surface area contributed by atoms with Crippen molar-refractivity contribution in [1.29, 1.82) is 0 Å². The minimum absolute atomic E-state index is 0.169. The van der Waals surface area contributed by atoms with Gasteiger partial charge in [-0.25, -0.2) is 12.8 Å². The van der Waals surface area contributed by atoms with Crippen LogP contribution in [-0.4, -0.2) is 50.0 Å². The van der Waals surface area contributed by atoms with Gasteiger partial charge in [0.1, 0.15) is 18.4 Å². The maximum atomic E-state index is 14.7. The van der Waals surface area contributed by atoms with Crippen molar-refractivity contribution < 1.29 is 22.4 Å². The predicted octanol–water partition coefficient (Wildman–Crippen LogP) is 4.36. The van der Waals surface area contributed by atoms with E-state index in [9.17, 15) is 22.4 Å². The largest absolute Gasteiger partial charge is 0.352 e. The van der Waals surface area contributed by atoms with Gasteiger partial charge in [-0.15, -0.1) is 0 Å². The van der Waals surface area contributed by atoms with E-state index in [4.69, 9.17) is 0 Å². The Balaban J connectivity index is 2.06. The lowest BCUT2D eigenvalue weighted by molar-refractivity contribution is -0.140. The van der Waals surface area contributed by atoms with E-state index in [2.05, 4.69) is 27.9 Å². The van der Waals surface area contributed by atoms with Crippen molar-refractivity contribution in [2.75, 3.05) is 17.1 Å². The normalized spacial score (nSPS) is 12.2. The zero-order valence-corrected chi connectivity index (χ0v) is 24.4. The van der Waals surface area contributed by atoms with Gasteiger partial charge < -0.3 is 10.2 Å². The number of sulfonamides is 1. The number of hydrogen-bond acceptors (Lipinski definition) is 4. The third-order valence-electron chi connectivity index (χ3n) is 5.79. The molecule has 0 unspecified atom stereocenters. The second kappa shape index (κ2) is 13.2. The summed E-state index contributed by atoms with van der Waals surface area (Å²) < 4.78 is 42.1. The first-order valence-corrected chi connectivity index (χ1v) is 15.0. The van der Waals surface area contributed by atoms with Gasteiger partial charge in [-0.2, -0.15) is 0 Å². The Bertz CT molecular complexity index is 1350. The molecule has 202 valence electrons. The maximum absolute atomic E-state index is 14.7. The number of carbonyl (C=O) groups is 2. The van der Waals surface area contributed by atoms with E-state index in [1.807, 2.05) is 44.2 Å². The van der Waals surface area contributed by atoms with E-state index in [0.717, 1.165) is 19.7 Å². The molecule has 38 heavy (non-hydrogen) atoms. The van der Waals surface area contributed by atoms with Crippen molar-refractivity contribution in [1.82, 2.24) is 10.2 Å². The first-order valence-electron chi connectivity index (χ1n) is 12.1. The van der Waals surface area contributed by atoms with Crippen LogP contribution in [0.2, 0.25) is 0 Å². The highest BCUT2D eigenvalue weighted by atomic mass is 127.